The topological polar surface area (TPSA) is 26.0 Å². The van der Waals surface area contributed by atoms with Gasteiger partial charge in [0.05, 0.1) is 0 Å². The standard InChI is InChI=1S/C10H11BrFN/c1-7-9(13)5-4-8(10(7)12)3-2-6-11/h2-5H,6,13H2,1H3. The van der Waals surface area contributed by atoms with Crippen LogP contribution in [0.4, 0.5) is 10.1 Å². The van der Waals surface area contributed by atoms with Gasteiger partial charge in [0.25, 0.3) is 0 Å². The number of hydrogen-bond donors (Lipinski definition) is 1. The quantitative estimate of drug-likeness (QED) is 0.627. The molecule has 1 aromatic rings. The van der Waals surface area contributed by atoms with Crippen molar-refractivity contribution in [3.8, 4) is 0 Å². The van der Waals surface area contributed by atoms with E-state index in [1.165, 1.54) is 0 Å². The highest BCUT2D eigenvalue weighted by molar-refractivity contribution is 9.09. The van der Waals surface area contributed by atoms with Crippen LogP contribution in [0, 0.1) is 12.7 Å². The number of nitrogen functional groups attached to an aromatic ring is 1. The third-order valence-corrected chi connectivity index (χ3v) is 2.22. The fourth-order valence-corrected chi connectivity index (χ4v) is 1.21. The SMILES string of the molecule is Cc1c(N)ccc(C=CCBr)c1F. The Morgan fingerprint density at radius 2 is 2.23 bits per heavy atom. The Hall–Kier alpha value is -0.830. The second-order valence-corrected chi connectivity index (χ2v) is 3.39. The van der Waals surface area contributed by atoms with Crippen LogP contribution < -0.4 is 5.73 Å². The zero-order valence-corrected chi connectivity index (χ0v) is 8.94. The van der Waals surface area contributed by atoms with Crippen LogP contribution in [0.1, 0.15) is 11.1 Å². The van der Waals surface area contributed by atoms with E-state index in [1.54, 1.807) is 25.1 Å². The van der Waals surface area contributed by atoms with Crippen LogP contribution in [0.15, 0.2) is 18.2 Å². The molecule has 0 radical (unpaired) electrons. The first-order valence-corrected chi connectivity index (χ1v) is 5.06. The average molecular weight is 244 g/mol. The van der Waals surface area contributed by atoms with Gasteiger partial charge in [-0.15, -0.1) is 0 Å². The van der Waals surface area contributed by atoms with Crippen molar-refractivity contribution in [1.82, 2.24) is 0 Å². The van der Waals surface area contributed by atoms with Gasteiger partial charge in [-0.3, -0.25) is 0 Å². The lowest BCUT2D eigenvalue weighted by molar-refractivity contribution is 0.616. The van der Waals surface area contributed by atoms with Crippen molar-refractivity contribution < 1.29 is 4.39 Å². The van der Waals surface area contributed by atoms with E-state index in [2.05, 4.69) is 15.9 Å². The molecule has 0 saturated heterocycles. The predicted octanol–water partition coefficient (Wildman–Crippen LogP) is 3.12. The van der Waals surface area contributed by atoms with Crippen LogP contribution in [0.2, 0.25) is 0 Å². The highest BCUT2D eigenvalue weighted by Crippen LogP contribution is 2.19. The highest BCUT2D eigenvalue weighted by atomic mass is 79.9. The molecule has 2 N–H and O–H groups in total. The number of benzene rings is 1. The second kappa shape index (κ2) is 4.42. The summed E-state index contributed by atoms with van der Waals surface area (Å²) in [5.74, 6) is -0.239. The largest absolute Gasteiger partial charge is 0.398 e. The number of anilines is 1. The van der Waals surface area contributed by atoms with Crippen LogP contribution in [0.5, 0.6) is 0 Å². The average Bonchev–Trinajstić information content (AvgIpc) is 2.13. The van der Waals surface area contributed by atoms with E-state index in [-0.39, 0.29) is 5.82 Å². The smallest absolute Gasteiger partial charge is 0.135 e. The van der Waals surface area contributed by atoms with E-state index in [9.17, 15) is 4.39 Å². The second-order valence-electron chi connectivity index (χ2n) is 2.74. The molecule has 0 aliphatic heterocycles. The van der Waals surface area contributed by atoms with Gasteiger partial charge in [-0.2, -0.15) is 0 Å². The number of allylic oxidation sites excluding steroid dienone is 1. The number of alkyl halides is 1. The van der Waals surface area contributed by atoms with Crippen molar-refractivity contribution in [3.63, 3.8) is 0 Å². The van der Waals surface area contributed by atoms with Crippen molar-refractivity contribution in [3.05, 3.63) is 35.2 Å². The van der Waals surface area contributed by atoms with Crippen LogP contribution in [-0.4, -0.2) is 5.33 Å². The molecule has 0 saturated carbocycles. The first-order chi connectivity index (χ1) is 6.16. The Morgan fingerprint density at radius 1 is 1.54 bits per heavy atom. The predicted molar refractivity (Wildman–Crippen MR) is 58.4 cm³/mol. The molecule has 0 bridgehead atoms. The molecule has 0 atom stereocenters. The van der Waals surface area contributed by atoms with Gasteiger partial charge >= 0.3 is 0 Å². The van der Waals surface area contributed by atoms with Crippen LogP contribution in [0.25, 0.3) is 6.08 Å². The molecule has 0 aromatic heterocycles. The van der Waals surface area contributed by atoms with Crippen LogP contribution in [0.3, 0.4) is 0 Å². The Labute approximate surface area is 85.6 Å². The van der Waals surface area contributed by atoms with Crippen LogP contribution >= 0.6 is 15.9 Å². The molecule has 1 rings (SSSR count). The molecule has 70 valence electrons. The van der Waals surface area contributed by atoms with Crippen molar-refractivity contribution in [2.45, 2.75) is 6.92 Å². The summed E-state index contributed by atoms with van der Waals surface area (Å²) in [6.07, 6.45) is 3.57. The van der Waals surface area contributed by atoms with E-state index in [0.717, 1.165) is 5.33 Å². The fourth-order valence-electron chi connectivity index (χ4n) is 1.02. The maximum atomic E-state index is 13.4. The van der Waals surface area contributed by atoms with E-state index >= 15 is 0 Å². The first-order valence-electron chi connectivity index (χ1n) is 3.94. The Bertz CT molecular complexity index is 334. The van der Waals surface area contributed by atoms with Gasteiger partial charge in [0.15, 0.2) is 0 Å². The lowest BCUT2D eigenvalue weighted by Gasteiger charge is -2.03. The summed E-state index contributed by atoms with van der Waals surface area (Å²) in [4.78, 5) is 0. The van der Waals surface area contributed by atoms with Gasteiger partial charge in [-0.05, 0) is 19.1 Å². The molecule has 0 amide bonds. The summed E-state index contributed by atoms with van der Waals surface area (Å²) in [7, 11) is 0. The Kier molecular flexibility index (Phi) is 3.48. The zero-order chi connectivity index (χ0) is 9.84. The lowest BCUT2D eigenvalue weighted by atomic mass is 10.1. The van der Waals surface area contributed by atoms with E-state index in [1.807, 2.05) is 6.08 Å². The molecule has 0 heterocycles. The molecular weight excluding hydrogens is 233 g/mol. The van der Waals surface area contributed by atoms with Crippen molar-refractivity contribution >= 4 is 27.7 Å². The van der Waals surface area contributed by atoms with Crippen molar-refractivity contribution in [2.24, 2.45) is 0 Å². The third kappa shape index (κ3) is 2.31. The normalized spacial score (nSPS) is 11.0. The summed E-state index contributed by atoms with van der Waals surface area (Å²) in [5.41, 5.74) is 7.12. The molecule has 0 spiro atoms. The lowest BCUT2D eigenvalue weighted by Crippen LogP contribution is -1.94. The minimum atomic E-state index is -0.239. The van der Waals surface area contributed by atoms with Gasteiger partial charge < -0.3 is 5.73 Å². The summed E-state index contributed by atoms with van der Waals surface area (Å²) < 4.78 is 13.4. The molecule has 1 nitrogen and oxygen atoms in total. The molecule has 3 heteroatoms. The summed E-state index contributed by atoms with van der Waals surface area (Å²) in [5, 5.41) is 0.718. The fraction of sp³-hybridized carbons (Fsp3) is 0.200. The minimum absolute atomic E-state index is 0.239. The van der Waals surface area contributed by atoms with E-state index in [0.29, 0.717) is 16.8 Å². The summed E-state index contributed by atoms with van der Waals surface area (Å²) in [6, 6.07) is 3.39. The molecule has 0 unspecified atom stereocenters. The maximum absolute atomic E-state index is 13.4. The third-order valence-electron chi connectivity index (χ3n) is 1.84. The molecule has 1 aromatic carbocycles. The van der Waals surface area contributed by atoms with Gasteiger partial charge in [0.2, 0.25) is 0 Å². The molecule has 0 fully saturated rings. The van der Waals surface area contributed by atoms with Gasteiger partial charge in [0, 0.05) is 22.1 Å². The highest BCUT2D eigenvalue weighted by Gasteiger charge is 2.04. The summed E-state index contributed by atoms with van der Waals surface area (Å²) in [6.45, 7) is 1.68. The molecular formula is C10H11BrFN. The van der Waals surface area contributed by atoms with E-state index in [4.69, 9.17) is 5.73 Å². The number of rotatable bonds is 2. The van der Waals surface area contributed by atoms with Gasteiger partial charge in [-0.25, -0.2) is 4.39 Å². The number of hydrogen-bond acceptors (Lipinski definition) is 1. The van der Waals surface area contributed by atoms with Crippen molar-refractivity contribution in [1.29, 1.82) is 0 Å². The van der Waals surface area contributed by atoms with Gasteiger partial charge in [-0.1, -0.05) is 28.1 Å². The van der Waals surface area contributed by atoms with Crippen molar-refractivity contribution in [2.75, 3.05) is 11.1 Å². The summed E-state index contributed by atoms with van der Waals surface area (Å²) >= 11 is 3.23. The Balaban J connectivity index is 3.11. The Morgan fingerprint density at radius 3 is 2.85 bits per heavy atom. The number of halogens is 2. The minimum Gasteiger partial charge on any atom is -0.398 e. The molecule has 0 aliphatic carbocycles. The molecule has 0 aliphatic rings. The van der Waals surface area contributed by atoms with E-state index < -0.39 is 0 Å². The monoisotopic (exact) mass is 243 g/mol. The van der Waals surface area contributed by atoms with Gasteiger partial charge in [0.1, 0.15) is 5.82 Å². The van der Waals surface area contributed by atoms with Crippen LogP contribution in [-0.2, 0) is 0 Å². The first kappa shape index (κ1) is 10.3. The number of nitrogens with two attached hydrogens (primary N) is 1. The zero-order valence-electron chi connectivity index (χ0n) is 7.35. The molecule has 13 heavy (non-hydrogen) atoms. The maximum Gasteiger partial charge on any atom is 0.135 e.